The van der Waals surface area contributed by atoms with Crippen LogP contribution in [-0.4, -0.2) is 11.4 Å². The van der Waals surface area contributed by atoms with Gasteiger partial charge in [0.15, 0.2) is 0 Å². The van der Waals surface area contributed by atoms with Gasteiger partial charge in [-0.15, -0.1) is 0 Å². The van der Waals surface area contributed by atoms with Crippen molar-refractivity contribution in [2.24, 2.45) is 0 Å². The van der Waals surface area contributed by atoms with Crippen molar-refractivity contribution in [2.45, 2.75) is 73.3 Å². The van der Waals surface area contributed by atoms with E-state index in [1.165, 1.54) is 5.56 Å². The number of nitrogens with one attached hydrogen (secondary N) is 1. The van der Waals surface area contributed by atoms with Gasteiger partial charge in [-0.2, -0.15) is 0 Å². The minimum absolute atomic E-state index is 0.00306. The molecule has 0 saturated heterocycles. The van der Waals surface area contributed by atoms with Crippen LogP contribution in [0.2, 0.25) is 0 Å². The van der Waals surface area contributed by atoms with Crippen molar-refractivity contribution in [3.8, 4) is 0 Å². The zero-order valence-electron chi connectivity index (χ0n) is 14.6. The van der Waals surface area contributed by atoms with Gasteiger partial charge in [-0.25, -0.2) is 0 Å². The highest BCUT2D eigenvalue weighted by atomic mass is 16.1. The van der Waals surface area contributed by atoms with Crippen molar-refractivity contribution >= 4 is 5.91 Å². The smallest absolute Gasteiger partial charge is 0.251 e. The Hall–Kier alpha value is -1.31. The van der Waals surface area contributed by atoms with Crippen LogP contribution in [0.5, 0.6) is 0 Å². The monoisotopic (exact) mass is 277 g/mol. The molecular formula is C18H31NO. The number of amides is 1. The number of aryl methyl sites for hydroxylation is 1. The predicted molar refractivity (Wildman–Crippen MR) is 88.4 cm³/mol. The third-order valence-electron chi connectivity index (χ3n) is 2.69. The molecule has 0 saturated carbocycles. The van der Waals surface area contributed by atoms with E-state index < -0.39 is 0 Å². The molecule has 0 radical (unpaired) electrons. The first-order chi connectivity index (χ1) is 8.99. The quantitative estimate of drug-likeness (QED) is 0.781. The summed E-state index contributed by atoms with van der Waals surface area (Å²) in [5, 5.41) is 3.00. The molecule has 2 nitrogen and oxygen atoms in total. The zero-order chi connectivity index (χ0) is 16.1. The second-order valence-electron chi connectivity index (χ2n) is 7.04. The summed E-state index contributed by atoms with van der Waals surface area (Å²) >= 11 is 0. The zero-order valence-corrected chi connectivity index (χ0v) is 14.6. The van der Waals surface area contributed by atoms with Crippen LogP contribution in [-0.2, 0) is 5.41 Å². The van der Waals surface area contributed by atoms with Gasteiger partial charge in [-0.3, -0.25) is 4.79 Å². The van der Waals surface area contributed by atoms with Crippen molar-refractivity contribution in [1.82, 2.24) is 5.32 Å². The first-order valence-corrected chi connectivity index (χ1v) is 7.44. The maximum absolute atomic E-state index is 12.2. The molecule has 1 N–H and O–H groups in total. The average Bonchev–Trinajstić information content (AvgIpc) is 2.27. The van der Waals surface area contributed by atoms with Gasteiger partial charge in [-0.1, -0.05) is 46.2 Å². The fourth-order valence-electron chi connectivity index (χ4n) is 1.76. The van der Waals surface area contributed by atoms with E-state index in [0.29, 0.717) is 0 Å². The molecule has 0 unspecified atom stereocenters. The SMILES string of the molecule is CC.Cc1cc(C(=O)NC(C)(C)C)cc(C(C)(C)C)c1. The van der Waals surface area contributed by atoms with Crippen LogP contribution < -0.4 is 5.32 Å². The third-order valence-corrected chi connectivity index (χ3v) is 2.69. The fourth-order valence-corrected chi connectivity index (χ4v) is 1.76. The van der Waals surface area contributed by atoms with Gasteiger partial charge < -0.3 is 5.32 Å². The molecule has 1 amide bonds. The fraction of sp³-hybridized carbons (Fsp3) is 0.611. The largest absolute Gasteiger partial charge is 0.347 e. The molecule has 114 valence electrons. The van der Waals surface area contributed by atoms with Crippen molar-refractivity contribution in [1.29, 1.82) is 0 Å². The highest BCUT2D eigenvalue weighted by Gasteiger charge is 2.19. The van der Waals surface area contributed by atoms with Crippen LogP contribution in [0.1, 0.15) is 76.9 Å². The molecule has 0 aliphatic rings. The Morgan fingerprint density at radius 1 is 0.950 bits per heavy atom. The number of carbonyl (C=O) groups excluding carboxylic acids is 1. The summed E-state index contributed by atoms with van der Waals surface area (Å²) < 4.78 is 0. The number of carbonyl (C=O) groups is 1. The first kappa shape index (κ1) is 18.7. The van der Waals surface area contributed by atoms with E-state index in [1.807, 2.05) is 53.7 Å². The first-order valence-electron chi connectivity index (χ1n) is 7.44. The summed E-state index contributed by atoms with van der Waals surface area (Å²) in [6, 6.07) is 6.08. The van der Waals surface area contributed by atoms with E-state index in [-0.39, 0.29) is 16.9 Å². The summed E-state index contributed by atoms with van der Waals surface area (Å²) in [4.78, 5) is 12.2. The van der Waals surface area contributed by atoms with E-state index in [1.54, 1.807) is 0 Å². The molecule has 0 fully saturated rings. The number of benzene rings is 1. The van der Waals surface area contributed by atoms with Gasteiger partial charge in [0.25, 0.3) is 5.91 Å². The number of hydrogen-bond acceptors (Lipinski definition) is 1. The molecule has 20 heavy (non-hydrogen) atoms. The van der Waals surface area contributed by atoms with Crippen LogP contribution in [0.25, 0.3) is 0 Å². The van der Waals surface area contributed by atoms with Gasteiger partial charge >= 0.3 is 0 Å². The van der Waals surface area contributed by atoms with Gasteiger partial charge in [0, 0.05) is 11.1 Å². The average molecular weight is 277 g/mol. The molecule has 0 atom stereocenters. The number of hydrogen-bond donors (Lipinski definition) is 1. The lowest BCUT2D eigenvalue weighted by Gasteiger charge is -2.23. The standard InChI is InChI=1S/C16H25NO.C2H6/c1-11-8-12(14(18)17-16(5,6)7)10-13(9-11)15(2,3)4;1-2/h8-10H,1-7H3,(H,17,18);1-2H3. The highest BCUT2D eigenvalue weighted by molar-refractivity contribution is 5.95. The highest BCUT2D eigenvalue weighted by Crippen LogP contribution is 2.24. The third kappa shape index (κ3) is 6.23. The summed E-state index contributed by atoms with van der Waals surface area (Å²) in [6.45, 7) is 18.5. The van der Waals surface area contributed by atoms with Crippen LogP contribution >= 0.6 is 0 Å². The second-order valence-corrected chi connectivity index (χ2v) is 7.04. The molecule has 1 rings (SSSR count). The Bertz CT molecular complexity index is 447. The molecular weight excluding hydrogens is 246 g/mol. The van der Waals surface area contributed by atoms with Gasteiger partial charge in [-0.05, 0) is 50.8 Å². The van der Waals surface area contributed by atoms with Crippen molar-refractivity contribution in [2.75, 3.05) is 0 Å². The molecule has 1 aromatic carbocycles. The topological polar surface area (TPSA) is 29.1 Å². The van der Waals surface area contributed by atoms with Crippen LogP contribution in [0.3, 0.4) is 0 Å². The Labute approximate surface area is 125 Å². The molecule has 2 heteroatoms. The maximum atomic E-state index is 12.2. The van der Waals surface area contributed by atoms with Crippen LogP contribution in [0, 0.1) is 6.92 Å². The Balaban J connectivity index is 0.00000172. The summed E-state index contributed by atoms with van der Waals surface area (Å²) in [6.07, 6.45) is 0. The van der Waals surface area contributed by atoms with Crippen LogP contribution in [0.15, 0.2) is 18.2 Å². The minimum Gasteiger partial charge on any atom is -0.347 e. The van der Waals surface area contributed by atoms with E-state index in [2.05, 4.69) is 32.2 Å². The lowest BCUT2D eigenvalue weighted by Crippen LogP contribution is -2.40. The van der Waals surface area contributed by atoms with Gasteiger partial charge in [0.2, 0.25) is 0 Å². The van der Waals surface area contributed by atoms with Gasteiger partial charge in [0.1, 0.15) is 0 Å². The summed E-state index contributed by atoms with van der Waals surface area (Å²) in [7, 11) is 0. The molecule has 0 aliphatic heterocycles. The normalized spacial score (nSPS) is 11.4. The lowest BCUT2D eigenvalue weighted by atomic mass is 9.85. The van der Waals surface area contributed by atoms with Crippen molar-refractivity contribution in [3.05, 3.63) is 34.9 Å². The number of rotatable bonds is 1. The van der Waals surface area contributed by atoms with E-state index in [9.17, 15) is 4.79 Å². The summed E-state index contributed by atoms with van der Waals surface area (Å²) in [5.41, 5.74) is 2.92. The predicted octanol–water partition coefficient (Wildman–Crippen LogP) is 4.85. The molecule has 1 aromatic rings. The maximum Gasteiger partial charge on any atom is 0.251 e. The lowest BCUT2D eigenvalue weighted by molar-refractivity contribution is 0.0919. The Kier molecular flexibility index (Phi) is 6.46. The van der Waals surface area contributed by atoms with Crippen molar-refractivity contribution in [3.63, 3.8) is 0 Å². The van der Waals surface area contributed by atoms with Gasteiger partial charge in [0.05, 0.1) is 0 Å². The van der Waals surface area contributed by atoms with Crippen LogP contribution in [0.4, 0.5) is 0 Å². The second kappa shape index (κ2) is 6.92. The summed E-state index contributed by atoms with van der Waals surface area (Å²) in [5.74, 6) is -0.00306. The van der Waals surface area contributed by atoms with E-state index in [4.69, 9.17) is 0 Å². The van der Waals surface area contributed by atoms with E-state index in [0.717, 1.165) is 11.1 Å². The molecule has 0 bridgehead atoms. The molecule has 0 aromatic heterocycles. The molecule has 0 spiro atoms. The Morgan fingerprint density at radius 2 is 1.45 bits per heavy atom. The molecule has 0 heterocycles. The Morgan fingerprint density at radius 3 is 1.85 bits per heavy atom. The van der Waals surface area contributed by atoms with Crippen molar-refractivity contribution < 1.29 is 4.79 Å². The molecule has 0 aliphatic carbocycles. The minimum atomic E-state index is -0.206. The van der Waals surface area contributed by atoms with E-state index >= 15 is 0 Å².